The number of carbonyl (C=O) groups is 2. The molecule has 3 saturated heterocycles. The van der Waals surface area contributed by atoms with Crippen LogP contribution in [0.1, 0.15) is 249 Å². The largest absolute Gasteiger partial charge is 0.378 e. The molecule has 4 heterocycles. The number of aryl methyl sites for hydroxylation is 1. The van der Waals surface area contributed by atoms with Crippen molar-refractivity contribution < 1.29 is 28.5 Å². The minimum absolute atomic E-state index is 0.0868. The third-order valence-corrected chi connectivity index (χ3v) is 34.1. The van der Waals surface area contributed by atoms with Gasteiger partial charge in [-0.1, -0.05) is 204 Å². The number of imide groups is 1. The lowest BCUT2D eigenvalue weighted by Gasteiger charge is -2.35. The summed E-state index contributed by atoms with van der Waals surface area (Å²) >= 11 is 0. The Balaban J connectivity index is 0.0000000916. The molecule has 18 bridgehead atoms. The van der Waals surface area contributed by atoms with Crippen molar-refractivity contribution in [1.82, 2.24) is 4.90 Å². The van der Waals surface area contributed by atoms with Crippen LogP contribution >= 0.6 is 0 Å². The summed E-state index contributed by atoms with van der Waals surface area (Å²) in [6.45, 7) is 8.85. The van der Waals surface area contributed by atoms with Crippen molar-refractivity contribution in [3.63, 3.8) is 0 Å². The van der Waals surface area contributed by atoms with Crippen LogP contribution in [-0.4, -0.2) is 74.6 Å². The molecule has 31 atom stereocenters. The van der Waals surface area contributed by atoms with E-state index in [9.17, 15) is 9.59 Å². The van der Waals surface area contributed by atoms with E-state index in [0.717, 1.165) is 212 Å². The van der Waals surface area contributed by atoms with Gasteiger partial charge in [0, 0.05) is 17.7 Å². The van der Waals surface area contributed by atoms with Gasteiger partial charge < -0.3 is 18.9 Å². The topological polar surface area (TPSA) is 84.2 Å². The molecule has 2 amide bonds. The number of benzene rings is 2. The second-order valence-electron chi connectivity index (χ2n) is 41.1. The van der Waals surface area contributed by atoms with Crippen molar-refractivity contribution in [2.75, 3.05) is 39.6 Å². The van der Waals surface area contributed by atoms with E-state index < -0.39 is 0 Å². The number of fused-ring (bicyclic) bond motifs is 18. The van der Waals surface area contributed by atoms with Gasteiger partial charge in [0.2, 0.25) is 0 Å². The summed E-state index contributed by atoms with van der Waals surface area (Å²) in [7, 11) is 0. The van der Waals surface area contributed by atoms with Crippen LogP contribution in [0.5, 0.6) is 0 Å². The van der Waals surface area contributed by atoms with Crippen LogP contribution in [-0.2, 0) is 35.0 Å². The van der Waals surface area contributed by atoms with E-state index in [1.54, 1.807) is 51.5 Å². The predicted octanol–water partition coefficient (Wildman–Crippen LogP) is 23.9. The minimum Gasteiger partial charge on any atom is -0.378 e. The molecular weight excluding hydrogens is 1360 g/mol. The zero-order valence-electron chi connectivity index (χ0n) is 68.6. The van der Waals surface area contributed by atoms with Gasteiger partial charge in [-0.2, -0.15) is 0 Å². The van der Waals surface area contributed by atoms with E-state index in [4.69, 9.17) is 18.9 Å². The Morgan fingerprint density at radius 2 is 0.802 bits per heavy atom. The SMILES string of the molecule is C1=CC2CC1CC2C1CC2CC1CC2c1ccccc1.C1=CC2CC1CC2C1CC2CCC1C2.C1=CC2CC1CC2C1CO1.C1=CC2CC1CC2CCCCCCCC1CO1.C1=CC2CC1CC2CCc1ccccc1.C1=CC2CC1CC2COCC1CO1.CC1=C(C)C(=O)N(CCCCCCC2CC3C=CC2C3)C1=O. The van der Waals surface area contributed by atoms with Gasteiger partial charge in [0.05, 0.1) is 45.2 Å². The summed E-state index contributed by atoms with van der Waals surface area (Å²) in [6.07, 6.45) is 85.9. The van der Waals surface area contributed by atoms with Gasteiger partial charge in [-0.05, 0) is 358 Å². The number of nitrogens with zero attached hydrogens (tertiary/aromatic N) is 1. The fraction of sp³-hybridized carbons (Fsp3) is 0.712. The molecule has 0 N–H and O–H groups in total. The number of carbonyl (C=O) groups excluding carboxylic acids is 2. The molecule has 0 aromatic heterocycles. The van der Waals surface area contributed by atoms with E-state index in [0.29, 0.717) is 36.0 Å². The van der Waals surface area contributed by atoms with Gasteiger partial charge in [-0.15, -0.1) is 0 Å². The van der Waals surface area contributed by atoms with Crippen LogP contribution in [0.3, 0.4) is 0 Å². The van der Waals surface area contributed by atoms with Crippen molar-refractivity contribution in [2.45, 2.75) is 263 Å². The molecule has 0 spiro atoms. The highest BCUT2D eigenvalue weighted by Gasteiger charge is 2.53. The zero-order chi connectivity index (χ0) is 74.7. The monoisotopic (exact) mass is 1500 g/mol. The average molecular weight is 1500 g/mol. The summed E-state index contributed by atoms with van der Waals surface area (Å²) in [5, 5.41) is 0. The lowest BCUT2D eigenvalue weighted by Crippen LogP contribution is -2.32. The van der Waals surface area contributed by atoms with Crippen molar-refractivity contribution in [3.05, 3.63) is 168 Å². The van der Waals surface area contributed by atoms with Gasteiger partial charge in [0.15, 0.2) is 0 Å². The molecule has 24 rings (SSSR count). The summed E-state index contributed by atoms with van der Waals surface area (Å²) in [4.78, 5) is 25.3. The van der Waals surface area contributed by atoms with Crippen LogP contribution in [0.25, 0.3) is 0 Å². The number of rotatable bonds is 26. The molecule has 2 aromatic carbocycles. The van der Waals surface area contributed by atoms with E-state index in [-0.39, 0.29) is 11.8 Å². The smallest absolute Gasteiger partial charge is 0.256 e. The second kappa shape index (κ2) is 36.1. The molecule has 31 unspecified atom stereocenters. The van der Waals surface area contributed by atoms with Crippen molar-refractivity contribution in [2.24, 2.45) is 160 Å². The lowest BCUT2D eigenvalue weighted by atomic mass is 9.70. The van der Waals surface area contributed by atoms with E-state index in [1.165, 1.54) is 190 Å². The molecule has 11 saturated carbocycles. The molecule has 0 radical (unpaired) electrons. The Morgan fingerprint density at radius 3 is 1.23 bits per heavy atom. The number of unbranched alkanes of at least 4 members (excludes halogenated alkanes) is 7. The Bertz CT molecular complexity index is 3630. The van der Waals surface area contributed by atoms with Gasteiger partial charge in [0.25, 0.3) is 11.8 Å². The average Bonchev–Trinajstić information content (AvgIpc) is 1.60. The normalized spacial score (nSPS) is 42.7. The summed E-state index contributed by atoms with van der Waals surface area (Å²) in [5.41, 5.74) is 4.36. The maximum atomic E-state index is 11.9. The summed E-state index contributed by atoms with van der Waals surface area (Å²) in [6, 6.07) is 22.2. The molecule has 7 nitrogen and oxygen atoms in total. The maximum absolute atomic E-state index is 11.9. The second-order valence-corrected chi connectivity index (χ2v) is 41.1. The Morgan fingerprint density at radius 1 is 0.351 bits per heavy atom. The predicted molar refractivity (Wildman–Crippen MR) is 450 cm³/mol. The van der Waals surface area contributed by atoms with Gasteiger partial charge in [0.1, 0.15) is 6.10 Å². The van der Waals surface area contributed by atoms with Crippen LogP contribution in [0.2, 0.25) is 0 Å². The molecule has 600 valence electrons. The van der Waals surface area contributed by atoms with Crippen molar-refractivity contribution in [3.8, 4) is 0 Å². The first kappa shape index (κ1) is 77.6. The minimum atomic E-state index is -0.0868. The Hall–Kier alpha value is -4.66. The third kappa shape index (κ3) is 19.2. The zero-order valence-corrected chi connectivity index (χ0v) is 68.6. The maximum Gasteiger partial charge on any atom is 0.256 e. The Labute approximate surface area is 671 Å². The number of hydrogen-bond acceptors (Lipinski definition) is 6. The highest BCUT2D eigenvalue weighted by atomic mass is 16.6. The first-order valence-corrected chi connectivity index (χ1v) is 47.4. The first-order valence-electron chi connectivity index (χ1n) is 47.4. The quantitative estimate of drug-likeness (QED) is 0.0404. The van der Waals surface area contributed by atoms with Gasteiger partial charge in [-0.25, -0.2) is 0 Å². The van der Waals surface area contributed by atoms with Crippen LogP contribution < -0.4 is 0 Å². The number of epoxide rings is 3. The van der Waals surface area contributed by atoms with Crippen LogP contribution in [0, 0.1) is 160 Å². The fourth-order valence-electron chi connectivity index (χ4n) is 27.8. The number of ether oxygens (including phenoxy) is 4. The van der Waals surface area contributed by atoms with Crippen molar-refractivity contribution in [1.29, 1.82) is 0 Å². The molecule has 4 aliphatic heterocycles. The molecule has 7 heteroatoms. The molecule has 111 heavy (non-hydrogen) atoms. The Kier molecular flexibility index (Phi) is 25.2. The highest BCUT2D eigenvalue weighted by molar-refractivity contribution is 6.18. The highest BCUT2D eigenvalue weighted by Crippen LogP contribution is 2.63. The number of amides is 2. The standard InChI is InChI=1S/C20H24.C19H27NO2.C16H26O.C15H18.C14H20.C11H16O2.C9H12O/c1-2-4-14(5-3-1)18-11-17-10-16(18)12-20(17)19-9-13-6-7-15(19)8-13;1-13-14(2)19(22)20(18(13)21)10-6-4-3-5-7-16-11-15-8-9-17(16)12-15;1(3-5-7-16-12-17-16)2-4-6-14-10-13-8-9-15(14)11-13;1-2-4-12(5-3-1)6-8-14-10-13-7-9-15(14)11-13;1-3-11-5-9(1)7-13(11)14-8-10-2-4-12(14)6-10;1-2-9-3-8(1)4-10(9)5-12-6-11-7-13-11;1-2-7-3-6(1)4-8(7)9-5-10-9/h1-7,13,15-20H,8-12H2;8-9,15-17H,3-7,10-12H2,1-2H3;8-9,13-16H,1-7,10-12H2;1-5,7,9,13-15H,6,8,10-11H2;1,3,9-14H,2,4-8H2;1-2,8-11H,3-7H2;1-2,6-9H,3-5H2. The van der Waals surface area contributed by atoms with Crippen molar-refractivity contribution >= 4 is 11.8 Å². The fourth-order valence-corrected chi connectivity index (χ4v) is 27.8. The van der Waals surface area contributed by atoms with E-state index in [1.807, 2.05) is 0 Å². The first-order chi connectivity index (χ1) is 54.5. The molecule has 2 aromatic rings. The molecule has 22 aliphatic rings. The van der Waals surface area contributed by atoms with Crippen LogP contribution in [0.4, 0.5) is 0 Å². The molecular formula is C104H143NO6. The molecule has 18 aliphatic carbocycles. The summed E-state index contributed by atoms with van der Waals surface area (Å²) in [5.74, 6) is 27.0. The number of allylic oxidation sites excluding steroid dienone is 14. The molecule has 14 fully saturated rings. The summed E-state index contributed by atoms with van der Waals surface area (Å²) < 4.78 is 21.3. The van der Waals surface area contributed by atoms with E-state index >= 15 is 0 Å². The lowest BCUT2D eigenvalue weighted by molar-refractivity contribution is -0.137. The third-order valence-electron chi connectivity index (χ3n) is 34.1. The van der Waals surface area contributed by atoms with Gasteiger partial charge >= 0.3 is 0 Å². The van der Waals surface area contributed by atoms with Gasteiger partial charge in [-0.3, -0.25) is 14.5 Å². The number of hydrogen-bond donors (Lipinski definition) is 0. The van der Waals surface area contributed by atoms with Crippen LogP contribution in [0.15, 0.2) is 157 Å². The van der Waals surface area contributed by atoms with E-state index in [2.05, 4.69) is 146 Å².